The van der Waals surface area contributed by atoms with Crippen LogP contribution in [-0.4, -0.2) is 40.3 Å². The third-order valence-electron chi connectivity index (χ3n) is 3.15. The first-order valence-electron chi connectivity index (χ1n) is 5.73. The molecule has 92 valence electrons. The van der Waals surface area contributed by atoms with Gasteiger partial charge in [-0.05, 0) is 23.8 Å². The predicted molar refractivity (Wildman–Crippen MR) is 67.7 cm³/mol. The van der Waals surface area contributed by atoms with E-state index in [1.807, 2.05) is 32.3 Å². The van der Waals surface area contributed by atoms with Crippen molar-refractivity contribution in [2.24, 2.45) is 0 Å². The Morgan fingerprint density at radius 2 is 2.12 bits per heavy atom. The molecule has 4 heteroatoms. The SMILES string of the molecule is COC(=O)c1ccc(N(C)C)c(C2CNC2)c1. The third-order valence-corrected chi connectivity index (χ3v) is 3.15. The number of esters is 1. The zero-order chi connectivity index (χ0) is 12.4. The van der Waals surface area contributed by atoms with Crippen molar-refractivity contribution in [1.29, 1.82) is 0 Å². The topological polar surface area (TPSA) is 41.6 Å². The van der Waals surface area contributed by atoms with Gasteiger partial charge in [-0.1, -0.05) is 0 Å². The van der Waals surface area contributed by atoms with Gasteiger partial charge in [0.25, 0.3) is 0 Å². The number of anilines is 1. The highest BCUT2D eigenvalue weighted by atomic mass is 16.5. The van der Waals surface area contributed by atoms with Crippen molar-refractivity contribution in [3.63, 3.8) is 0 Å². The van der Waals surface area contributed by atoms with Crippen molar-refractivity contribution >= 4 is 11.7 Å². The van der Waals surface area contributed by atoms with Gasteiger partial charge in [0.05, 0.1) is 12.7 Å². The first kappa shape index (κ1) is 11.9. The number of rotatable bonds is 3. The number of methoxy groups -OCH3 is 1. The average Bonchev–Trinajstić information content (AvgIpc) is 2.25. The fourth-order valence-corrected chi connectivity index (χ4v) is 2.04. The van der Waals surface area contributed by atoms with Crippen LogP contribution in [0.15, 0.2) is 18.2 Å². The number of ether oxygens (including phenoxy) is 1. The summed E-state index contributed by atoms with van der Waals surface area (Å²) in [6.45, 7) is 1.96. The molecule has 4 nitrogen and oxygen atoms in total. The van der Waals surface area contributed by atoms with Crippen LogP contribution in [0, 0.1) is 0 Å². The minimum atomic E-state index is -0.274. The maximum absolute atomic E-state index is 11.5. The molecule has 1 aliphatic rings. The lowest BCUT2D eigenvalue weighted by Crippen LogP contribution is -2.40. The Bertz CT molecular complexity index is 425. The lowest BCUT2D eigenvalue weighted by molar-refractivity contribution is 0.0600. The fourth-order valence-electron chi connectivity index (χ4n) is 2.04. The fraction of sp³-hybridized carbons (Fsp3) is 0.462. The van der Waals surface area contributed by atoms with E-state index in [4.69, 9.17) is 4.74 Å². The number of carbonyl (C=O) groups is 1. The summed E-state index contributed by atoms with van der Waals surface area (Å²) >= 11 is 0. The van der Waals surface area contributed by atoms with Crippen molar-refractivity contribution in [2.75, 3.05) is 39.2 Å². The Hall–Kier alpha value is -1.55. The third kappa shape index (κ3) is 2.26. The van der Waals surface area contributed by atoms with E-state index < -0.39 is 0 Å². The van der Waals surface area contributed by atoms with Gasteiger partial charge in [-0.3, -0.25) is 0 Å². The summed E-state index contributed by atoms with van der Waals surface area (Å²) in [7, 11) is 5.44. The zero-order valence-corrected chi connectivity index (χ0v) is 10.5. The van der Waals surface area contributed by atoms with E-state index in [1.54, 1.807) is 0 Å². The van der Waals surface area contributed by atoms with Crippen molar-refractivity contribution in [3.8, 4) is 0 Å². The Morgan fingerprint density at radius 1 is 1.41 bits per heavy atom. The molecule has 0 radical (unpaired) electrons. The van der Waals surface area contributed by atoms with Gasteiger partial charge < -0.3 is 15.0 Å². The van der Waals surface area contributed by atoms with Gasteiger partial charge in [0, 0.05) is 38.8 Å². The van der Waals surface area contributed by atoms with E-state index in [9.17, 15) is 4.79 Å². The molecular formula is C13H18N2O2. The minimum Gasteiger partial charge on any atom is -0.465 e. The number of hydrogen-bond acceptors (Lipinski definition) is 4. The molecule has 0 spiro atoms. The maximum Gasteiger partial charge on any atom is 0.337 e. The highest BCUT2D eigenvalue weighted by Gasteiger charge is 2.23. The van der Waals surface area contributed by atoms with Gasteiger partial charge >= 0.3 is 5.97 Å². The summed E-state index contributed by atoms with van der Waals surface area (Å²) in [6, 6.07) is 5.75. The molecule has 0 amide bonds. The molecular weight excluding hydrogens is 216 g/mol. The molecule has 17 heavy (non-hydrogen) atoms. The standard InChI is InChI=1S/C13H18N2O2/c1-15(2)12-5-4-9(13(16)17-3)6-11(12)10-7-14-8-10/h4-6,10,14H,7-8H2,1-3H3. The average molecular weight is 234 g/mol. The predicted octanol–water partition coefficient (Wildman–Crippen LogP) is 1.23. The molecule has 2 rings (SSSR count). The number of nitrogens with zero attached hydrogens (tertiary/aromatic N) is 1. The minimum absolute atomic E-state index is 0.274. The van der Waals surface area contributed by atoms with Crippen LogP contribution in [0.3, 0.4) is 0 Å². The van der Waals surface area contributed by atoms with Gasteiger partial charge in [0.1, 0.15) is 0 Å². The Kier molecular flexibility index (Phi) is 3.33. The highest BCUT2D eigenvalue weighted by molar-refractivity contribution is 5.90. The summed E-state index contributed by atoms with van der Waals surface area (Å²) in [5.74, 6) is 0.223. The van der Waals surface area contributed by atoms with E-state index >= 15 is 0 Å². The summed E-state index contributed by atoms with van der Waals surface area (Å²) in [5, 5.41) is 3.25. The second-order valence-corrected chi connectivity index (χ2v) is 4.51. The Morgan fingerprint density at radius 3 is 2.59 bits per heavy atom. The molecule has 1 saturated heterocycles. The normalized spacial score (nSPS) is 15.2. The van der Waals surface area contributed by atoms with E-state index in [-0.39, 0.29) is 5.97 Å². The first-order chi connectivity index (χ1) is 8.13. The number of benzene rings is 1. The van der Waals surface area contributed by atoms with Crippen LogP contribution in [0.5, 0.6) is 0 Å². The van der Waals surface area contributed by atoms with Crippen molar-refractivity contribution in [2.45, 2.75) is 5.92 Å². The van der Waals surface area contributed by atoms with Crippen LogP contribution in [0.1, 0.15) is 21.8 Å². The first-order valence-corrected chi connectivity index (χ1v) is 5.73. The van der Waals surface area contributed by atoms with E-state index in [2.05, 4.69) is 10.2 Å². The molecule has 0 bridgehead atoms. The largest absolute Gasteiger partial charge is 0.465 e. The molecule has 0 aliphatic carbocycles. The number of carbonyl (C=O) groups excluding carboxylic acids is 1. The van der Waals surface area contributed by atoms with Crippen LogP contribution in [0.4, 0.5) is 5.69 Å². The van der Waals surface area contributed by atoms with Gasteiger partial charge in [-0.15, -0.1) is 0 Å². The van der Waals surface area contributed by atoms with Crippen molar-refractivity contribution in [3.05, 3.63) is 29.3 Å². The summed E-state index contributed by atoms with van der Waals surface area (Å²) in [6.07, 6.45) is 0. The quantitative estimate of drug-likeness (QED) is 0.799. The maximum atomic E-state index is 11.5. The lowest BCUT2D eigenvalue weighted by atomic mass is 9.90. The molecule has 1 N–H and O–H groups in total. The van der Waals surface area contributed by atoms with Crippen LogP contribution < -0.4 is 10.2 Å². The van der Waals surface area contributed by atoms with Gasteiger partial charge in [-0.25, -0.2) is 4.79 Å². The molecule has 0 atom stereocenters. The van der Waals surface area contributed by atoms with Crippen LogP contribution >= 0.6 is 0 Å². The molecule has 1 aromatic rings. The molecule has 0 aromatic heterocycles. The van der Waals surface area contributed by atoms with Crippen molar-refractivity contribution in [1.82, 2.24) is 5.32 Å². The molecule has 1 fully saturated rings. The second kappa shape index (κ2) is 4.75. The van der Waals surface area contributed by atoms with Gasteiger partial charge in [0.2, 0.25) is 0 Å². The molecule has 1 aliphatic heterocycles. The van der Waals surface area contributed by atoms with Crippen LogP contribution in [0.2, 0.25) is 0 Å². The smallest absolute Gasteiger partial charge is 0.337 e. The summed E-state index contributed by atoms with van der Waals surface area (Å²) < 4.78 is 4.75. The lowest BCUT2D eigenvalue weighted by Gasteiger charge is -2.31. The molecule has 0 unspecified atom stereocenters. The Labute approximate surface area is 102 Å². The molecule has 1 aromatic carbocycles. The highest BCUT2D eigenvalue weighted by Crippen LogP contribution is 2.30. The molecule has 1 heterocycles. The van der Waals surface area contributed by atoms with Crippen LogP contribution in [0.25, 0.3) is 0 Å². The summed E-state index contributed by atoms with van der Waals surface area (Å²) in [5.41, 5.74) is 3.01. The van der Waals surface area contributed by atoms with Gasteiger partial charge in [0.15, 0.2) is 0 Å². The van der Waals surface area contributed by atoms with E-state index in [0.29, 0.717) is 11.5 Å². The van der Waals surface area contributed by atoms with Crippen LogP contribution in [-0.2, 0) is 4.74 Å². The zero-order valence-electron chi connectivity index (χ0n) is 10.5. The van der Waals surface area contributed by atoms with E-state index in [0.717, 1.165) is 13.1 Å². The van der Waals surface area contributed by atoms with E-state index in [1.165, 1.54) is 18.4 Å². The number of nitrogens with one attached hydrogen (secondary N) is 1. The monoisotopic (exact) mass is 234 g/mol. The molecule has 0 saturated carbocycles. The number of hydrogen-bond donors (Lipinski definition) is 1. The Balaban J connectivity index is 2.38. The van der Waals surface area contributed by atoms with Gasteiger partial charge in [-0.2, -0.15) is 0 Å². The summed E-state index contributed by atoms with van der Waals surface area (Å²) in [4.78, 5) is 13.6. The second-order valence-electron chi connectivity index (χ2n) is 4.51. The van der Waals surface area contributed by atoms with Crippen molar-refractivity contribution < 1.29 is 9.53 Å².